The van der Waals surface area contributed by atoms with Gasteiger partial charge in [0.1, 0.15) is 0 Å². The van der Waals surface area contributed by atoms with E-state index < -0.39 is 0 Å². The first-order chi connectivity index (χ1) is 8.06. The van der Waals surface area contributed by atoms with Gasteiger partial charge in [-0.15, -0.1) is 0 Å². The Bertz CT molecular complexity index is 356. The molecule has 0 fully saturated rings. The standard InChI is InChI=1S/C12H22N4O/c1-5-17-11-6-10(3)14-12(15-11)16(4)8-9(2)7-13/h6,9H,5,7-8,13H2,1-4H3. The topological polar surface area (TPSA) is 64.3 Å². The van der Waals surface area contributed by atoms with Crippen molar-refractivity contribution in [2.75, 3.05) is 31.6 Å². The minimum atomic E-state index is 0.416. The van der Waals surface area contributed by atoms with Crippen LogP contribution in [0.2, 0.25) is 0 Å². The van der Waals surface area contributed by atoms with Crippen LogP contribution in [-0.4, -0.2) is 36.7 Å². The van der Waals surface area contributed by atoms with Gasteiger partial charge in [0.05, 0.1) is 6.61 Å². The van der Waals surface area contributed by atoms with Crippen molar-refractivity contribution in [3.05, 3.63) is 11.8 Å². The zero-order chi connectivity index (χ0) is 12.8. The van der Waals surface area contributed by atoms with Gasteiger partial charge in [0.2, 0.25) is 11.8 Å². The number of rotatable bonds is 6. The summed E-state index contributed by atoms with van der Waals surface area (Å²) in [5.74, 6) is 1.73. The molecule has 1 atom stereocenters. The number of aromatic nitrogens is 2. The third-order valence-electron chi connectivity index (χ3n) is 2.44. The Balaban J connectivity index is 2.81. The van der Waals surface area contributed by atoms with Gasteiger partial charge >= 0.3 is 0 Å². The van der Waals surface area contributed by atoms with Crippen molar-refractivity contribution in [3.8, 4) is 5.88 Å². The molecule has 0 aliphatic carbocycles. The zero-order valence-corrected chi connectivity index (χ0v) is 11.1. The monoisotopic (exact) mass is 238 g/mol. The van der Waals surface area contributed by atoms with Crippen LogP contribution >= 0.6 is 0 Å². The predicted octanol–water partition coefficient (Wildman–Crippen LogP) is 1.21. The minimum Gasteiger partial charge on any atom is -0.478 e. The maximum Gasteiger partial charge on any atom is 0.228 e. The average Bonchev–Trinajstić information content (AvgIpc) is 2.28. The summed E-state index contributed by atoms with van der Waals surface area (Å²) in [5, 5.41) is 0. The Kier molecular flexibility index (Phi) is 5.15. The van der Waals surface area contributed by atoms with Crippen LogP contribution in [-0.2, 0) is 0 Å². The third-order valence-corrected chi connectivity index (χ3v) is 2.44. The fourth-order valence-electron chi connectivity index (χ4n) is 1.54. The number of aryl methyl sites for hydroxylation is 1. The van der Waals surface area contributed by atoms with Gasteiger partial charge in [-0.25, -0.2) is 4.98 Å². The SMILES string of the molecule is CCOc1cc(C)nc(N(C)CC(C)CN)n1. The van der Waals surface area contributed by atoms with Crippen molar-refractivity contribution in [1.82, 2.24) is 9.97 Å². The maximum absolute atomic E-state index is 5.61. The van der Waals surface area contributed by atoms with Crippen molar-refractivity contribution in [3.63, 3.8) is 0 Å². The highest BCUT2D eigenvalue weighted by Gasteiger charge is 2.10. The Labute approximate surface area is 103 Å². The summed E-state index contributed by atoms with van der Waals surface area (Å²) in [6, 6.07) is 1.84. The molecular weight excluding hydrogens is 216 g/mol. The molecule has 2 N–H and O–H groups in total. The van der Waals surface area contributed by atoms with E-state index in [9.17, 15) is 0 Å². The Morgan fingerprint density at radius 2 is 2.18 bits per heavy atom. The molecule has 96 valence electrons. The van der Waals surface area contributed by atoms with Crippen LogP contribution in [0.5, 0.6) is 5.88 Å². The molecule has 1 aromatic heterocycles. The van der Waals surface area contributed by atoms with Crippen LogP contribution in [0, 0.1) is 12.8 Å². The van der Waals surface area contributed by atoms with Crippen molar-refractivity contribution in [1.29, 1.82) is 0 Å². The molecule has 1 aromatic rings. The fraction of sp³-hybridized carbons (Fsp3) is 0.667. The lowest BCUT2D eigenvalue weighted by molar-refractivity contribution is 0.326. The average molecular weight is 238 g/mol. The summed E-state index contributed by atoms with van der Waals surface area (Å²) in [6.07, 6.45) is 0. The molecule has 0 spiro atoms. The smallest absolute Gasteiger partial charge is 0.228 e. The highest BCUT2D eigenvalue weighted by molar-refractivity contribution is 5.33. The summed E-state index contributed by atoms with van der Waals surface area (Å²) in [4.78, 5) is 10.8. The van der Waals surface area contributed by atoms with E-state index in [0.717, 1.165) is 12.2 Å². The van der Waals surface area contributed by atoms with Gasteiger partial charge in [-0.2, -0.15) is 4.98 Å². The van der Waals surface area contributed by atoms with Crippen molar-refractivity contribution in [2.24, 2.45) is 11.7 Å². The largest absolute Gasteiger partial charge is 0.478 e. The second-order valence-corrected chi connectivity index (χ2v) is 4.30. The lowest BCUT2D eigenvalue weighted by atomic mass is 10.2. The van der Waals surface area contributed by atoms with E-state index in [-0.39, 0.29) is 0 Å². The van der Waals surface area contributed by atoms with Gasteiger partial charge in [-0.1, -0.05) is 6.92 Å². The highest BCUT2D eigenvalue weighted by Crippen LogP contribution is 2.15. The van der Waals surface area contributed by atoms with Crippen LogP contribution in [0.3, 0.4) is 0 Å². The third kappa shape index (κ3) is 4.19. The second-order valence-electron chi connectivity index (χ2n) is 4.30. The molecule has 0 aliphatic heterocycles. The van der Waals surface area contributed by atoms with Gasteiger partial charge in [0.15, 0.2) is 0 Å². The first-order valence-corrected chi connectivity index (χ1v) is 5.96. The van der Waals surface area contributed by atoms with Crippen LogP contribution in [0.25, 0.3) is 0 Å². The van der Waals surface area contributed by atoms with Crippen molar-refractivity contribution in [2.45, 2.75) is 20.8 Å². The number of nitrogens with zero attached hydrogens (tertiary/aromatic N) is 3. The predicted molar refractivity (Wildman–Crippen MR) is 69.4 cm³/mol. The molecule has 0 saturated carbocycles. The van der Waals surface area contributed by atoms with Crippen LogP contribution in [0.15, 0.2) is 6.07 Å². The van der Waals surface area contributed by atoms with Gasteiger partial charge in [0, 0.05) is 25.4 Å². The first-order valence-electron chi connectivity index (χ1n) is 5.96. The van der Waals surface area contributed by atoms with Gasteiger partial charge in [-0.3, -0.25) is 0 Å². The number of ether oxygens (including phenoxy) is 1. The Morgan fingerprint density at radius 1 is 1.47 bits per heavy atom. The van der Waals surface area contributed by atoms with E-state index in [0.29, 0.717) is 30.9 Å². The summed E-state index contributed by atoms with van der Waals surface area (Å²) in [6.45, 7) is 8.10. The molecule has 5 heteroatoms. The molecule has 0 saturated heterocycles. The Hall–Kier alpha value is -1.36. The molecule has 0 radical (unpaired) electrons. The molecule has 0 bridgehead atoms. The molecule has 0 aromatic carbocycles. The molecule has 1 unspecified atom stereocenters. The quantitative estimate of drug-likeness (QED) is 0.807. The van der Waals surface area contributed by atoms with Gasteiger partial charge in [-0.05, 0) is 26.3 Å². The minimum absolute atomic E-state index is 0.416. The van der Waals surface area contributed by atoms with E-state index in [2.05, 4.69) is 16.9 Å². The van der Waals surface area contributed by atoms with E-state index in [4.69, 9.17) is 10.5 Å². The van der Waals surface area contributed by atoms with E-state index in [1.165, 1.54) is 0 Å². The number of hydrogen-bond acceptors (Lipinski definition) is 5. The van der Waals surface area contributed by atoms with Crippen LogP contribution < -0.4 is 15.4 Å². The molecule has 0 amide bonds. The van der Waals surface area contributed by atoms with Crippen molar-refractivity contribution < 1.29 is 4.74 Å². The number of nitrogens with two attached hydrogens (primary N) is 1. The van der Waals surface area contributed by atoms with E-state index in [1.54, 1.807) is 0 Å². The first kappa shape index (κ1) is 13.7. The number of hydrogen-bond donors (Lipinski definition) is 1. The maximum atomic E-state index is 5.61. The van der Waals surface area contributed by atoms with Gasteiger partial charge in [0.25, 0.3) is 0 Å². The van der Waals surface area contributed by atoms with E-state index in [1.807, 2.05) is 31.9 Å². The highest BCUT2D eigenvalue weighted by atomic mass is 16.5. The summed E-state index contributed by atoms with van der Waals surface area (Å²) < 4.78 is 5.41. The second kappa shape index (κ2) is 6.39. The lowest BCUT2D eigenvalue weighted by Gasteiger charge is -2.21. The normalized spacial score (nSPS) is 12.3. The molecular formula is C12H22N4O. The molecule has 17 heavy (non-hydrogen) atoms. The summed E-state index contributed by atoms with van der Waals surface area (Å²) in [7, 11) is 1.97. The summed E-state index contributed by atoms with van der Waals surface area (Å²) in [5.41, 5.74) is 6.52. The lowest BCUT2D eigenvalue weighted by Crippen LogP contribution is -2.29. The van der Waals surface area contributed by atoms with Gasteiger partial charge < -0.3 is 15.4 Å². The molecule has 5 nitrogen and oxygen atoms in total. The van der Waals surface area contributed by atoms with E-state index >= 15 is 0 Å². The zero-order valence-electron chi connectivity index (χ0n) is 11.1. The summed E-state index contributed by atoms with van der Waals surface area (Å²) >= 11 is 0. The molecule has 1 rings (SSSR count). The number of anilines is 1. The Morgan fingerprint density at radius 3 is 2.76 bits per heavy atom. The molecule has 0 aliphatic rings. The fourth-order valence-corrected chi connectivity index (χ4v) is 1.54. The van der Waals surface area contributed by atoms with Crippen LogP contribution in [0.1, 0.15) is 19.5 Å². The van der Waals surface area contributed by atoms with Crippen LogP contribution in [0.4, 0.5) is 5.95 Å². The molecule has 1 heterocycles. The van der Waals surface area contributed by atoms with Crippen molar-refractivity contribution >= 4 is 5.95 Å².